The van der Waals surface area contributed by atoms with Crippen molar-refractivity contribution >= 4 is 0 Å². The van der Waals surface area contributed by atoms with Crippen LogP contribution in [0.5, 0.6) is 5.75 Å². The Morgan fingerprint density at radius 1 is 1.00 bits per heavy atom. The maximum atomic E-state index is 6.31. The molecule has 1 atom stereocenters. The van der Waals surface area contributed by atoms with Gasteiger partial charge in [0.1, 0.15) is 5.75 Å². The van der Waals surface area contributed by atoms with Crippen molar-refractivity contribution in [2.24, 2.45) is 5.73 Å². The lowest BCUT2D eigenvalue weighted by Gasteiger charge is -2.15. The molecule has 2 heteroatoms. The molecule has 2 aromatic rings. The van der Waals surface area contributed by atoms with E-state index in [-0.39, 0.29) is 6.04 Å². The summed E-state index contributed by atoms with van der Waals surface area (Å²) < 4.78 is 5.41. The first-order chi connectivity index (χ1) is 9.58. The second kappa shape index (κ2) is 6.58. The fraction of sp³-hybridized carbons (Fsp3) is 0.333. The highest BCUT2D eigenvalue weighted by atomic mass is 16.5. The van der Waals surface area contributed by atoms with Gasteiger partial charge in [-0.3, -0.25) is 0 Å². The maximum absolute atomic E-state index is 6.31. The molecule has 0 saturated heterocycles. The van der Waals surface area contributed by atoms with Crippen molar-refractivity contribution in [2.75, 3.05) is 7.11 Å². The van der Waals surface area contributed by atoms with Gasteiger partial charge in [-0.05, 0) is 43.9 Å². The van der Waals surface area contributed by atoms with Gasteiger partial charge in [0.25, 0.3) is 0 Å². The molecule has 0 aromatic heterocycles. The number of nitrogens with two attached hydrogens (primary N) is 1. The monoisotopic (exact) mass is 269 g/mol. The molecule has 0 saturated carbocycles. The molecule has 2 aromatic carbocycles. The van der Waals surface area contributed by atoms with Crippen LogP contribution >= 0.6 is 0 Å². The van der Waals surface area contributed by atoms with Crippen LogP contribution in [0.1, 0.15) is 22.3 Å². The quantitative estimate of drug-likeness (QED) is 0.902. The van der Waals surface area contributed by atoms with Gasteiger partial charge in [0.2, 0.25) is 0 Å². The zero-order chi connectivity index (χ0) is 14.5. The van der Waals surface area contributed by atoms with E-state index in [0.29, 0.717) is 0 Å². The van der Waals surface area contributed by atoms with Gasteiger partial charge < -0.3 is 10.5 Å². The highest BCUT2D eigenvalue weighted by Gasteiger charge is 2.10. The summed E-state index contributed by atoms with van der Waals surface area (Å²) >= 11 is 0. The van der Waals surface area contributed by atoms with Gasteiger partial charge in [-0.25, -0.2) is 0 Å². The van der Waals surface area contributed by atoms with Gasteiger partial charge in [0.15, 0.2) is 0 Å². The van der Waals surface area contributed by atoms with Crippen LogP contribution in [0.25, 0.3) is 0 Å². The van der Waals surface area contributed by atoms with Gasteiger partial charge in [-0.1, -0.05) is 47.5 Å². The highest BCUT2D eigenvalue weighted by molar-refractivity contribution is 5.37. The van der Waals surface area contributed by atoms with Crippen molar-refractivity contribution in [2.45, 2.75) is 32.7 Å². The van der Waals surface area contributed by atoms with Crippen LogP contribution in [-0.4, -0.2) is 13.2 Å². The molecule has 0 bridgehead atoms. The maximum Gasteiger partial charge on any atom is 0.122 e. The lowest BCUT2D eigenvalue weighted by Crippen LogP contribution is -2.25. The lowest BCUT2D eigenvalue weighted by molar-refractivity contribution is 0.407. The zero-order valence-electron chi connectivity index (χ0n) is 12.5. The van der Waals surface area contributed by atoms with Crippen LogP contribution in [0.15, 0.2) is 42.5 Å². The Morgan fingerprint density at radius 2 is 1.75 bits per heavy atom. The minimum absolute atomic E-state index is 0.104. The van der Waals surface area contributed by atoms with Crippen LogP contribution in [0.3, 0.4) is 0 Å². The van der Waals surface area contributed by atoms with E-state index in [1.807, 2.05) is 6.07 Å². The second-order valence-electron chi connectivity index (χ2n) is 5.47. The van der Waals surface area contributed by atoms with Crippen molar-refractivity contribution in [3.8, 4) is 5.75 Å². The average Bonchev–Trinajstić information content (AvgIpc) is 2.38. The molecule has 20 heavy (non-hydrogen) atoms. The zero-order valence-corrected chi connectivity index (χ0v) is 12.5. The number of benzene rings is 2. The topological polar surface area (TPSA) is 35.2 Å². The van der Waals surface area contributed by atoms with Crippen LogP contribution < -0.4 is 10.5 Å². The largest absolute Gasteiger partial charge is 0.496 e. The van der Waals surface area contributed by atoms with Gasteiger partial charge in [0.05, 0.1) is 7.11 Å². The van der Waals surface area contributed by atoms with Crippen LogP contribution in [0.4, 0.5) is 0 Å². The predicted molar refractivity (Wildman–Crippen MR) is 84.3 cm³/mol. The molecule has 0 spiro atoms. The molecule has 0 radical (unpaired) electrons. The van der Waals surface area contributed by atoms with E-state index in [1.165, 1.54) is 22.3 Å². The summed E-state index contributed by atoms with van der Waals surface area (Å²) in [5.41, 5.74) is 11.3. The van der Waals surface area contributed by atoms with Gasteiger partial charge in [-0.15, -0.1) is 0 Å². The summed E-state index contributed by atoms with van der Waals surface area (Å²) in [6.07, 6.45) is 1.72. The first-order valence-electron chi connectivity index (χ1n) is 7.03. The fourth-order valence-electron chi connectivity index (χ4n) is 2.56. The molecule has 0 heterocycles. The molecule has 0 aliphatic carbocycles. The summed E-state index contributed by atoms with van der Waals surface area (Å²) in [4.78, 5) is 0. The summed E-state index contributed by atoms with van der Waals surface area (Å²) in [6.45, 7) is 4.20. The summed E-state index contributed by atoms with van der Waals surface area (Å²) in [7, 11) is 1.71. The van der Waals surface area contributed by atoms with E-state index in [9.17, 15) is 0 Å². The predicted octanol–water partition coefficient (Wildman–Crippen LogP) is 3.42. The Labute approximate surface area is 121 Å². The average molecular weight is 269 g/mol. The molecular formula is C18H23NO. The lowest BCUT2D eigenvalue weighted by atomic mass is 9.97. The normalized spacial score (nSPS) is 12.2. The molecule has 0 fully saturated rings. The molecule has 0 amide bonds. The van der Waals surface area contributed by atoms with Crippen LogP contribution in [0.2, 0.25) is 0 Å². The third-order valence-electron chi connectivity index (χ3n) is 3.50. The van der Waals surface area contributed by atoms with E-state index < -0.39 is 0 Å². The number of hydrogen-bond acceptors (Lipinski definition) is 2. The van der Waals surface area contributed by atoms with E-state index >= 15 is 0 Å². The first kappa shape index (κ1) is 14.6. The SMILES string of the molecule is COc1ccc(C)cc1CC(N)Cc1cccc(C)c1. The molecule has 2 nitrogen and oxygen atoms in total. The number of hydrogen-bond donors (Lipinski definition) is 1. The molecule has 0 aliphatic heterocycles. The Bertz CT molecular complexity index is 577. The molecule has 2 N–H and O–H groups in total. The smallest absolute Gasteiger partial charge is 0.122 e. The Morgan fingerprint density at radius 3 is 2.45 bits per heavy atom. The number of methoxy groups -OCH3 is 1. The first-order valence-corrected chi connectivity index (χ1v) is 7.03. The summed E-state index contributed by atoms with van der Waals surface area (Å²) in [5.74, 6) is 0.926. The standard InChI is InChI=1S/C18H23NO/c1-13-5-4-6-15(9-13)11-17(19)12-16-10-14(2)7-8-18(16)20-3/h4-10,17H,11-12,19H2,1-3H3. The van der Waals surface area contributed by atoms with Crippen LogP contribution in [0, 0.1) is 13.8 Å². The molecule has 0 aliphatic rings. The van der Waals surface area contributed by atoms with Crippen molar-refractivity contribution < 1.29 is 4.74 Å². The minimum Gasteiger partial charge on any atom is -0.496 e. The fourth-order valence-corrected chi connectivity index (χ4v) is 2.56. The number of rotatable bonds is 5. The molecule has 2 rings (SSSR count). The third-order valence-corrected chi connectivity index (χ3v) is 3.50. The van der Waals surface area contributed by atoms with E-state index in [0.717, 1.165) is 18.6 Å². The second-order valence-corrected chi connectivity index (χ2v) is 5.47. The van der Waals surface area contributed by atoms with Crippen molar-refractivity contribution in [3.63, 3.8) is 0 Å². The molecule has 106 valence electrons. The van der Waals surface area contributed by atoms with E-state index in [2.05, 4.69) is 50.2 Å². The Hall–Kier alpha value is -1.80. The van der Waals surface area contributed by atoms with Gasteiger partial charge >= 0.3 is 0 Å². The van der Waals surface area contributed by atoms with Crippen LogP contribution in [-0.2, 0) is 12.8 Å². The Kier molecular flexibility index (Phi) is 4.80. The van der Waals surface area contributed by atoms with Crippen molar-refractivity contribution in [1.82, 2.24) is 0 Å². The van der Waals surface area contributed by atoms with Gasteiger partial charge in [-0.2, -0.15) is 0 Å². The molecular weight excluding hydrogens is 246 g/mol. The number of ether oxygens (including phenoxy) is 1. The van der Waals surface area contributed by atoms with Crippen molar-refractivity contribution in [1.29, 1.82) is 0 Å². The van der Waals surface area contributed by atoms with E-state index in [1.54, 1.807) is 7.11 Å². The summed E-state index contributed by atoms with van der Waals surface area (Å²) in [5, 5.41) is 0. The Balaban J connectivity index is 2.08. The summed E-state index contributed by atoms with van der Waals surface area (Å²) in [6, 6.07) is 14.9. The third kappa shape index (κ3) is 3.84. The number of aryl methyl sites for hydroxylation is 2. The van der Waals surface area contributed by atoms with Gasteiger partial charge in [0, 0.05) is 6.04 Å². The highest BCUT2D eigenvalue weighted by Crippen LogP contribution is 2.21. The minimum atomic E-state index is 0.104. The van der Waals surface area contributed by atoms with Crippen molar-refractivity contribution in [3.05, 3.63) is 64.7 Å². The van der Waals surface area contributed by atoms with E-state index in [4.69, 9.17) is 10.5 Å². The molecule has 1 unspecified atom stereocenters.